The second-order valence-electron chi connectivity index (χ2n) is 6.26. The Balaban J connectivity index is 1.61. The molecule has 1 amide bonds. The van der Waals surface area contributed by atoms with Gasteiger partial charge in [-0.1, -0.05) is 30.3 Å². The fourth-order valence-corrected chi connectivity index (χ4v) is 3.26. The van der Waals surface area contributed by atoms with Gasteiger partial charge in [-0.2, -0.15) is 0 Å². The number of likely N-dealkylation sites (tertiary alicyclic amines) is 1. The normalized spacial score (nSPS) is 23.2. The summed E-state index contributed by atoms with van der Waals surface area (Å²) in [5.41, 5.74) is 1.13. The molecule has 1 aromatic carbocycles. The third-order valence-corrected chi connectivity index (χ3v) is 4.56. The Kier molecular flexibility index (Phi) is 4.43. The first-order valence-electron chi connectivity index (χ1n) is 7.96. The lowest BCUT2D eigenvalue weighted by atomic mass is 10.0. The summed E-state index contributed by atoms with van der Waals surface area (Å²) in [7, 11) is 0. The van der Waals surface area contributed by atoms with Crippen LogP contribution in [0.4, 0.5) is 0 Å². The monoisotopic (exact) mass is 302 g/mol. The Hall–Kier alpha value is -1.88. The maximum absolute atomic E-state index is 12.3. The minimum Gasteiger partial charge on any atom is -0.480 e. The lowest BCUT2D eigenvalue weighted by Crippen LogP contribution is -2.44. The van der Waals surface area contributed by atoms with Crippen LogP contribution < -0.4 is 5.32 Å². The molecule has 0 aromatic heterocycles. The van der Waals surface area contributed by atoms with Crippen LogP contribution in [0.1, 0.15) is 37.3 Å². The number of rotatable bonds is 6. The summed E-state index contributed by atoms with van der Waals surface area (Å²) >= 11 is 0. The standard InChI is InChI=1S/C17H22N2O3/c20-15(11-19-10-4-7-14(19)17(21)22)18-16(13-8-9-13)12-5-2-1-3-6-12/h1-3,5-6,13-14,16H,4,7-11H2,(H,18,20)(H,21,22). The molecule has 22 heavy (non-hydrogen) atoms. The van der Waals surface area contributed by atoms with Gasteiger partial charge in [0.1, 0.15) is 6.04 Å². The topological polar surface area (TPSA) is 69.6 Å². The number of carboxylic acids is 1. The Labute approximate surface area is 130 Å². The summed E-state index contributed by atoms with van der Waals surface area (Å²) in [5, 5.41) is 12.3. The summed E-state index contributed by atoms with van der Waals surface area (Å²) in [6, 6.07) is 9.56. The van der Waals surface area contributed by atoms with E-state index in [1.165, 1.54) is 0 Å². The minimum atomic E-state index is -0.827. The molecule has 2 unspecified atom stereocenters. The van der Waals surface area contributed by atoms with Crippen LogP contribution in [0.3, 0.4) is 0 Å². The van der Waals surface area contributed by atoms with Gasteiger partial charge in [0, 0.05) is 0 Å². The average molecular weight is 302 g/mol. The van der Waals surface area contributed by atoms with Crippen LogP contribution in [-0.4, -0.2) is 41.0 Å². The zero-order chi connectivity index (χ0) is 15.5. The predicted molar refractivity (Wildman–Crippen MR) is 82.3 cm³/mol. The molecule has 1 saturated carbocycles. The second-order valence-corrected chi connectivity index (χ2v) is 6.26. The van der Waals surface area contributed by atoms with Crippen LogP contribution >= 0.6 is 0 Å². The highest BCUT2D eigenvalue weighted by atomic mass is 16.4. The van der Waals surface area contributed by atoms with Gasteiger partial charge in [0.05, 0.1) is 12.6 Å². The molecule has 0 bridgehead atoms. The summed E-state index contributed by atoms with van der Waals surface area (Å²) in [4.78, 5) is 25.3. The highest BCUT2D eigenvalue weighted by Crippen LogP contribution is 2.40. The van der Waals surface area contributed by atoms with Crippen molar-refractivity contribution < 1.29 is 14.7 Å². The molecule has 1 aliphatic carbocycles. The van der Waals surface area contributed by atoms with E-state index in [0.717, 1.165) is 24.8 Å². The summed E-state index contributed by atoms with van der Waals surface area (Å²) in [6.07, 6.45) is 3.75. The molecule has 0 radical (unpaired) electrons. The van der Waals surface area contributed by atoms with Gasteiger partial charge in [-0.15, -0.1) is 0 Å². The Morgan fingerprint density at radius 3 is 2.59 bits per heavy atom. The van der Waals surface area contributed by atoms with Crippen LogP contribution in [0.15, 0.2) is 30.3 Å². The van der Waals surface area contributed by atoms with E-state index in [9.17, 15) is 14.7 Å². The summed E-state index contributed by atoms with van der Waals surface area (Å²) in [6.45, 7) is 0.858. The molecule has 2 atom stereocenters. The molecule has 5 heteroatoms. The number of carboxylic acid groups (broad SMARTS) is 1. The van der Waals surface area contributed by atoms with Crippen LogP contribution in [0.25, 0.3) is 0 Å². The number of carbonyl (C=O) groups is 2. The lowest BCUT2D eigenvalue weighted by Gasteiger charge is -2.23. The van der Waals surface area contributed by atoms with E-state index in [4.69, 9.17) is 0 Å². The first kappa shape index (κ1) is 15.0. The molecule has 5 nitrogen and oxygen atoms in total. The molecule has 2 fully saturated rings. The summed E-state index contributed by atoms with van der Waals surface area (Å²) in [5.74, 6) is -0.388. The minimum absolute atomic E-state index is 0.0552. The van der Waals surface area contributed by atoms with Gasteiger partial charge in [0.15, 0.2) is 0 Å². The Morgan fingerprint density at radius 2 is 1.95 bits per heavy atom. The van der Waals surface area contributed by atoms with E-state index in [1.54, 1.807) is 4.90 Å². The van der Waals surface area contributed by atoms with E-state index in [2.05, 4.69) is 5.32 Å². The molecule has 0 spiro atoms. The summed E-state index contributed by atoms with van der Waals surface area (Å²) < 4.78 is 0. The van der Waals surface area contributed by atoms with Crippen molar-refractivity contribution in [3.63, 3.8) is 0 Å². The van der Waals surface area contributed by atoms with E-state index in [1.807, 2.05) is 30.3 Å². The molecule has 2 N–H and O–H groups in total. The van der Waals surface area contributed by atoms with Crippen molar-refractivity contribution >= 4 is 11.9 Å². The average Bonchev–Trinajstić information content (AvgIpc) is 3.24. The zero-order valence-electron chi connectivity index (χ0n) is 12.6. The largest absolute Gasteiger partial charge is 0.480 e. The van der Waals surface area contributed by atoms with Crippen molar-refractivity contribution in [2.24, 2.45) is 5.92 Å². The molecular weight excluding hydrogens is 280 g/mol. The third kappa shape index (κ3) is 3.47. The van der Waals surface area contributed by atoms with Crippen LogP contribution in [0.5, 0.6) is 0 Å². The number of nitrogens with zero attached hydrogens (tertiary/aromatic N) is 1. The van der Waals surface area contributed by atoms with E-state index >= 15 is 0 Å². The molecule has 2 aliphatic rings. The number of carbonyl (C=O) groups excluding carboxylic acids is 1. The van der Waals surface area contributed by atoms with E-state index < -0.39 is 12.0 Å². The van der Waals surface area contributed by atoms with Gasteiger partial charge in [-0.25, -0.2) is 0 Å². The highest BCUT2D eigenvalue weighted by molar-refractivity contribution is 5.80. The van der Waals surface area contributed by atoms with Crippen molar-refractivity contribution in [1.29, 1.82) is 0 Å². The lowest BCUT2D eigenvalue weighted by molar-refractivity contribution is -0.142. The van der Waals surface area contributed by atoms with Crippen LogP contribution in [-0.2, 0) is 9.59 Å². The molecule has 1 aromatic rings. The SMILES string of the molecule is O=C(CN1CCCC1C(=O)O)NC(c1ccccc1)C1CC1. The number of aliphatic carboxylic acids is 1. The van der Waals surface area contributed by atoms with Gasteiger partial charge in [0.2, 0.25) is 5.91 Å². The fraction of sp³-hybridized carbons (Fsp3) is 0.529. The Morgan fingerprint density at radius 1 is 1.23 bits per heavy atom. The number of hydrogen-bond acceptors (Lipinski definition) is 3. The smallest absolute Gasteiger partial charge is 0.320 e. The van der Waals surface area contributed by atoms with Gasteiger partial charge in [0.25, 0.3) is 0 Å². The van der Waals surface area contributed by atoms with Crippen LogP contribution in [0.2, 0.25) is 0 Å². The maximum atomic E-state index is 12.3. The number of amides is 1. The van der Waals surface area contributed by atoms with Gasteiger partial charge in [-0.05, 0) is 43.7 Å². The number of nitrogens with one attached hydrogen (secondary N) is 1. The van der Waals surface area contributed by atoms with Crippen LogP contribution in [0, 0.1) is 5.92 Å². The van der Waals surface area contributed by atoms with Crippen molar-refractivity contribution in [2.75, 3.05) is 13.1 Å². The zero-order valence-corrected chi connectivity index (χ0v) is 12.6. The first-order chi connectivity index (χ1) is 10.6. The van der Waals surface area contributed by atoms with Gasteiger partial charge >= 0.3 is 5.97 Å². The Bertz CT molecular complexity index is 542. The van der Waals surface area contributed by atoms with Crippen molar-refractivity contribution in [2.45, 2.75) is 37.8 Å². The van der Waals surface area contributed by atoms with Crippen molar-refractivity contribution in [3.8, 4) is 0 Å². The third-order valence-electron chi connectivity index (χ3n) is 4.56. The molecule has 3 rings (SSSR count). The van der Waals surface area contributed by atoms with E-state index in [0.29, 0.717) is 18.9 Å². The first-order valence-corrected chi connectivity index (χ1v) is 7.96. The van der Waals surface area contributed by atoms with Gasteiger partial charge < -0.3 is 10.4 Å². The van der Waals surface area contributed by atoms with Crippen molar-refractivity contribution in [3.05, 3.63) is 35.9 Å². The molecule has 1 saturated heterocycles. The number of benzene rings is 1. The maximum Gasteiger partial charge on any atom is 0.320 e. The van der Waals surface area contributed by atoms with E-state index in [-0.39, 0.29) is 18.5 Å². The molecule has 1 heterocycles. The highest BCUT2D eigenvalue weighted by Gasteiger charge is 2.35. The fourth-order valence-electron chi connectivity index (χ4n) is 3.26. The molecule has 118 valence electrons. The second kappa shape index (κ2) is 6.48. The van der Waals surface area contributed by atoms with Crippen molar-refractivity contribution in [1.82, 2.24) is 10.2 Å². The number of hydrogen-bond donors (Lipinski definition) is 2. The quantitative estimate of drug-likeness (QED) is 0.841. The predicted octanol–water partition coefficient (Wildman–Crippen LogP) is 1.80. The van der Waals surface area contributed by atoms with Gasteiger partial charge in [-0.3, -0.25) is 14.5 Å². The molecule has 1 aliphatic heterocycles. The molecular formula is C17H22N2O3.